The van der Waals surface area contributed by atoms with Crippen molar-refractivity contribution in [3.05, 3.63) is 51.4 Å². The number of anilines is 1. The second-order valence-corrected chi connectivity index (χ2v) is 6.39. The highest BCUT2D eigenvalue weighted by Crippen LogP contribution is 2.43. The summed E-state index contributed by atoms with van der Waals surface area (Å²) in [7, 11) is 0. The maximum atomic E-state index is 4.82. The third-order valence-electron chi connectivity index (χ3n) is 3.84. The van der Waals surface area contributed by atoms with Crippen molar-refractivity contribution in [3.63, 3.8) is 0 Å². The van der Waals surface area contributed by atoms with E-state index in [9.17, 15) is 0 Å². The molecule has 1 aliphatic rings. The maximum absolute atomic E-state index is 4.82. The number of aryl methyl sites for hydroxylation is 1. The third-order valence-corrected chi connectivity index (χ3v) is 4.62. The summed E-state index contributed by atoms with van der Waals surface area (Å²) in [6.07, 6.45) is 3.27. The number of halogens is 1. The summed E-state index contributed by atoms with van der Waals surface area (Å²) >= 11 is 3.67. The molecule has 4 heteroatoms. The zero-order chi connectivity index (χ0) is 14.8. The largest absolute Gasteiger partial charge is 0.369 e. The van der Waals surface area contributed by atoms with E-state index in [2.05, 4.69) is 59.4 Å². The standard InChI is InChI=1S/C17H20BrN3/c1-3-19-17-15(18)16(12-8-9-12)20-14(21-17)10-13-7-5-4-6-11(13)2/h4-7,12H,3,8-10H2,1-2H3,(H,19,20,21). The van der Waals surface area contributed by atoms with Crippen molar-refractivity contribution in [1.82, 2.24) is 9.97 Å². The number of aromatic nitrogens is 2. The first-order chi connectivity index (χ1) is 10.2. The fourth-order valence-electron chi connectivity index (χ4n) is 2.48. The molecular weight excluding hydrogens is 326 g/mol. The molecule has 0 aliphatic heterocycles. The van der Waals surface area contributed by atoms with Gasteiger partial charge < -0.3 is 5.32 Å². The van der Waals surface area contributed by atoms with Crippen LogP contribution >= 0.6 is 15.9 Å². The van der Waals surface area contributed by atoms with Crippen LogP contribution in [0.15, 0.2) is 28.7 Å². The summed E-state index contributed by atoms with van der Waals surface area (Å²) in [5.41, 5.74) is 3.76. The van der Waals surface area contributed by atoms with Gasteiger partial charge in [0.05, 0.1) is 10.2 Å². The van der Waals surface area contributed by atoms with Gasteiger partial charge in [-0.1, -0.05) is 24.3 Å². The van der Waals surface area contributed by atoms with Gasteiger partial charge in [-0.3, -0.25) is 0 Å². The lowest BCUT2D eigenvalue weighted by Crippen LogP contribution is -2.08. The van der Waals surface area contributed by atoms with Crippen molar-refractivity contribution in [3.8, 4) is 0 Å². The molecule has 3 rings (SSSR count). The molecule has 21 heavy (non-hydrogen) atoms. The second kappa shape index (κ2) is 6.14. The minimum atomic E-state index is 0.607. The Morgan fingerprint density at radius 2 is 2.00 bits per heavy atom. The van der Waals surface area contributed by atoms with E-state index in [1.807, 2.05) is 0 Å². The van der Waals surface area contributed by atoms with Crippen LogP contribution in [0.25, 0.3) is 0 Å². The number of benzene rings is 1. The van der Waals surface area contributed by atoms with Gasteiger partial charge >= 0.3 is 0 Å². The Kier molecular flexibility index (Phi) is 4.24. The molecular formula is C17H20BrN3. The molecule has 2 aromatic rings. The normalized spacial score (nSPS) is 14.2. The van der Waals surface area contributed by atoms with E-state index in [0.717, 1.165) is 29.1 Å². The maximum Gasteiger partial charge on any atom is 0.144 e. The van der Waals surface area contributed by atoms with Crippen molar-refractivity contribution in [2.24, 2.45) is 0 Å². The molecule has 0 bridgehead atoms. The molecule has 0 radical (unpaired) electrons. The minimum Gasteiger partial charge on any atom is -0.369 e. The summed E-state index contributed by atoms with van der Waals surface area (Å²) in [4.78, 5) is 9.52. The molecule has 1 aliphatic carbocycles. The minimum absolute atomic E-state index is 0.607. The molecule has 1 aromatic carbocycles. The van der Waals surface area contributed by atoms with Crippen molar-refractivity contribution < 1.29 is 0 Å². The summed E-state index contributed by atoms with van der Waals surface area (Å²) < 4.78 is 1.04. The Morgan fingerprint density at radius 3 is 2.67 bits per heavy atom. The zero-order valence-corrected chi connectivity index (χ0v) is 14.1. The summed E-state index contributed by atoms with van der Waals surface area (Å²) in [6.45, 7) is 5.09. The number of nitrogens with one attached hydrogen (secondary N) is 1. The lowest BCUT2D eigenvalue weighted by atomic mass is 10.1. The fraction of sp³-hybridized carbons (Fsp3) is 0.412. The first-order valence-corrected chi connectivity index (χ1v) is 8.33. The third kappa shape index (κ3) is 3.26. The first kappa shape index (κ1) is 14.5. The zero-order valence-electron chi connectivity index (χ0n) is 12.5. The van der Waals surface area contributed by atoms with Gasteiger partial charge in [0.15, 0.2) is 0 Å². The number of hydrogen-bond acceptors (Lipinski definition) is 3. The van der Waals surface area contributed by atoms with Crippen molar-refractivity contribution in [2.75, 3.05) is 11.9 Å². The van der Waals surface area contributed by atoms with Gasteiger partial charge in [0.25, 0.3) is 0 Å². The lowest BCUT2D eigenvalue weighted by Gasteiger charge is -2.12. The van der Waals surface area contributed by atoms with Gasteiger partial charge in [0, 0.05) is 18.9 Å². The van der Waals surface area contributed by atoms with E-state index in [1.54, 1.807) is 0 Å². The van der Waals surface area contributed by atoms with E-state index >= 15 is 0 Å². The SMILES string of the molecule is CCNc1nc(Cc2ccccc2C)nc(C2CC2)c1Br. The highest BCUT2D eigenvalue weighted by atomic mass is 79.9. The Bertz CT molecular complexity index is 650. The Balaban J connectivity index is 1.96. The topological polar surface area (TPSA) is 37.8 Å². The molecule has 0 spiro atoms. The van der Waals surface area contributed by atoms with Crippen molar-refractivity contribution >= 4 is 21.7 Å². The highest BCUT2D eigenvalue weighted by molar-refractivity contribution is 9.10. The predicted molar refractivity (Wildman–Crippen MR) is 89.9 cm³/mol. The second-order valence-electron chi connectivity index (χ2n) is 5.60. The number of hydrogen-bond donors (Lipinski definition) is 1. The van der Waals surface area contributed by atoms with Crippen LogP contribution < -0.4 is 5.32 Å². The van der Waals surface area contributed by atoms with Crippen LogP contribution in [-0.4, -0.2) is 16.5 Å². The molecule has 0 unspecified atom stereocenters. The van der Waals surface area contributed by atoms with Gasteiger partial charge in [-0.25, -0.2) is 9.97 Å². The van der Waals surface area contributed by atoms with Gasteiger partial charge in [-0.15, -0.1) is 0 Å². The van der Waals surface area contributed by atoms with Crippen LogP contribution in [-0.2, 0) is 6.42 Å². The smallest absolute Gasteiger partial charge is 0.144 e. The molecule has 1 N–H and O–H groups in total. The Labute approximate surface area is 134 Å². The van der Waals surface area contributed by atoms with Gasteiger partial charge in [0.1, 0.15) is 11.6 Å². The van der Waals surface area contributed by atoms with E-state index in [0.29, 0.717) is 5.92 Å². The average Bonchev–Trinajstić information content (AvgIpc) is 3.29. The van der Waals surface area contributed by atoms with Crippen LogP contribution in [0.4, 0.5) is 5.82 Å². The van der Waals surface area contributed by atoms with Gasteiger partial charge in [-0.05, 0) is 53.7 Å². The number of rotatable bonds is 5. The van der Waals surface area contributed by atoms with Crippen molar-refractivity contribution in [1.29, 1.82) is 0 Å². The molecule has 0 atom stereocenters. The van der Waals surface area contributed by atoms with Crippen LogP contribution in [0.3, 0.4) is 0 Å². The molecule has 1 saturated carbocycles. The van der Waals surface area contributed by atoms with Crippen molar-refractivity contribution in [2.45, 2.75) is 39.0 Å². The number of nitrogens with zero attached hydrogens (tertiary/aromatic N) is 2. The molecule has 0 amide bonds. The molecule has 0 saturated heterocycles. The van der Waals surface area contributed by atoms with E-state index in [1.165, 1.54) is 29.7 Å². The Morgan fingerprint density at radius 1 is 1.24 bits per heavy atom. The summed E-state index contributed by atoms with van der Waals surface area (Å²) in [6, 6.07) is 8.45. The first-order valence-electron chi connectivity index (χ1n) is 7.53. The van der Waals surface area contributed by atoms with E-state index in [4.69, 9.17) is 9.97 Å². The molecule has 1 fully saturated rings. The van der Waals surface area contributed by atoms with E-state index in [-0.39, 0.29) is 0 Å². The van der Waals surface area contributed by atoms with Crippen LogP contribution in [0, 0.1) is 6.92 Å². The van der Waals surface area contributed by atoms with E-state index < -0.39 is 0 Å². The fourth-order valence-corrected chi connectivity index (χ4v) is 3.12. The lowest BCUT2D eigenvalue weighted by molar-refractivity contribution is 0.885. The summed E-state index contributed by atoms with van der Waals surface area (Å²) in [5.74, 6) is 2.44. The molecule has 3 nitrogen and oxygen atoms in total. The van der Waals surface area contributed by atoms with Gasteiger partial charge in [-0.2, -0.15) is 0 Å². The average molecular weight is 346 g/mol. The highest BCUT2D eigenvalue weighted by Gasteiger charge is 2.29. The van der Waals surface area contributed by atoms with Crippen LogP contribution in [0.5, 0.6) is 0 Å². The Hall–Kier alpha value is -1.42. The molecule has 1 aromatic heterocycles. The molecule has 1 heterocycles. The molecule has 110 valence electrons. The summed E-state index contributed by atoms with van der Waals surface area (Å²) in [5, 5.41) is 3.34. The predicted octanol–water partition coefficient (Wildman–Crippen LogP) is 4.45. The van der Waals surface area contributed by atoms with Gasteiger partial charge in [0.2, 0.25) is 0 Å². The van der Waals surface area contributed by atoms with Crippen LogP contribution in [0.1, 0.15) is 48.3 Å². The van der Waals surface area contributed by atoms with Crippen LogP contribution in [0.2, 0.25) is 0 Å². The quantitative estimate of drug-likeness (QED) is 0.869. The monoisotopic (exact) mass is 345 g/mol.